The van der Waals surface area contributed by atoms with Gasteiger partial charge in [0.2, 0.25) is 0 Å². The van der Waals surface area contributed by atoms with E-state index in [0.717, 1.165) is 108 Å². The van der Waals surface area contributed by atoms with Crippen molar-refractivity contribution in [2.24, 2.45) is 17.8 Å². The first-order valence-electron chi connectivity index (χ1n) is 38.9. The summed E-state index contributed by atoms with van der Waals surface area (Å²) < 4.78 is 68.5. The van der Waals surface area contributed by atoms with Crippen LogP contribution in [-0.2, 0) is 65.4 Å². The number of rotatable bonds is 73. The van der Waals surface area contributed by atoms with Crippen LogP contribution in [0.15, 0.2) is 0 Å². The molecule has 0 aliphatic heterocycles. The Morgan fingerprint density at radius 1 is 0.309 bits per heavy atom. The summed E-state index contributed by atoms with van der Waals surface area (Å²) in [6, 6.07) is 0. The lowest BCUT2D eigenvalue weighted by atomic mass is 9.99. The number of aliphatic hydroxyl groups is 1. The fourth-order valence-electron chi connectivity index (χ4n) is 11.4. The van der Waals surface area contributed by atoms with E-state index in [1.807, 2.05) is 0 Å². The zero-order valence-electron chi connectivity index (χ0n) is 61.4. The van der Waals surface area contributed by atoms with Crippen molar-refractivity contribution in [3.05, 3.63) is 0 Å². The zero-order chi connectivity index (χ0) is 69.4. The van der Waals surface area contributed by atoms with Crippen LogP contribution in [-0.4, -0.2) is 96.7 Å². The molecule has 0 aromatic rings. The highest BCUT2D eigenvalue weighted by molar-refractivity contribution is 7.47. The minimum absolute atomic E-state index is 0.106. The molecule has 0 aliphatic rings. The third-order valence-electron chi connectivity index (χ3n) is 17.7. The standard InChI is InChI=1S/C75H146O17P2/c1-8-10-11-12-13-14-18-28-35-42-49-56-72(77)85-62-71(92-75(80)59-52-45-38-31-24-23-27-34-41-48-55-68(7)9-2)65-90-94(83,84)88-61-69(76)60-87-93(81,82)89-64-70(63-86-73(78)57-50-43-36-29-22-17-20-26-33-40-47-54-67(5)6)91-74(79)58-51-44-37-30-21-16-15-19-25-32-39-46-53-66(3)4/h66-71,76H,8-65H2,1-7H3,(H,81,82)(H,83,84)/t68?,69-,70-,71-/m1/s1. The normalized spacial score (nSPS) is 14.4. The van der Waals surface area contributed by atoms with Gasteiger partial charge in [0, 0.05) is 25.7 Å². The van der Waals surface area contributed by atoms with Crippen molar-refractivity contribution in [3.63, 3.8) is 0 Å². The highest BCUT2D eigenvalue weighted by atomic mass is 31.2. The Hall–Kier alpha value is -1.94. The summed E-state index contributed by atoms with van der Waals surface area (Å²) in [4.78, 5) is 72.8. The lowest BCUT2D eigenvalue weighted by molar-refractivity contribution is -0.161. The molecule has 6 atom stereocenters. The number of carbonyl (C=O) groups excluding carboxylic acids is 4. The van der Waals surface area contributed by atoms with E-state index in [-0.39, 0.29) is 25.7 Å². The summed E-state index contributed by atoms with van der Waals surface area (Å²) in [5.41, 5.74) is 0. The SMILES string of the molecule is CCCCCCCCCCCCCC(=O)OC[C@H](COP(=O)(O)OC[C@H](O)COP(=O)(O)OC[C@@H](COC(=O)CCCCCCCCCCCCCC(C)C)OC(=O)CCCCCCCCCCCCCCC(C)C)OC(=O)CCCCCCCCCCCCC(C)CC. The molecule has 0 saturated carbocycles. The van der Waals surface area contributed by atoms with Gasteiger partial charge < -0.3 is 33.8 Å². The second kappa shape index (κ2) is 65.7. The summed E-state index contributed by atoms with van der Waals surface area (Å²) in [5.74, 6) is 0.233. The molecule has 0 amide bonds. The second-order valence-corrected chi connectivity index (χ2v) is 31.1. The molecular formula is C75H146O17P2. The molecule has 0 fully saturated rings. The van der Waals surface area contributed by atoms with Crippen molar-refractivity contribution in [1.82, 2.24) is 0 Å². The summed E-state index contributed by atoms with van der Waals surface area (Å²) in [7, 11) is -9.91. The minimum atomic E-state index is -4.96. The van der Waals surface area contributed by atoms with Crippen LogP contribution in [0, 0.1) is 17.8 Å². The third-order valence-corrected chi connectivity index (χ3v) is 19.6. The quantitative estimate of drug-likeness (QED) is 0.0222. The van der Waals surface area contributed by atoms with Gasteiger partial charge in [-0.3, -0.25) is 37.3 Å². The van der Waals surface area contributed by atoms with Gasteiger partial charge in [0.1, 0.15) is 19.3 Å². The zero-order valence-corrected chi connectivity index (χ0v) is 63.2. The molecule has 0 rings (SSSR count). The molecule has 0 radical (unpaired) electrons. The molecule has 558 valence electrons. The highest BCUT2D eigenvalue weighted by Crippen LogP contribution is 2.45. The maximum atomic E-state index is 13.1. The van der Waals surface area contributed by atoms with Gasteiger partial charge in [-0.25, -0.2) is 9.13 Å². The number of ether oxygens (including phenoxy) is 4. The first kappa shape index (κ1) is 92.1. The van der Waals surface area contributed by atoms with E-state index in [9.17, 15) is 43.2 Å². The summed E-state index contributed by atoms with van der Waals surface area (Å²) in [6.07, 6.45) is 51.1. The molecule has 0 heterocycles. The van der Waals surface area contributed by atoms with Crippen molar-refractivity contribution < 1.29 is 80.2 Å². The molecule has 3 N–H and O–H groups in total. The van der Waals surface area contributed by atoms with E-state index in [1.165, 1.54) is 193 Å². The fourth-order valence-corrected chi connectivity index (χ4v) is 13.0. The van der Waals surface area contributed by atoms with Crippen LogP contribution in [0.1, 0.15) is 382 Å². The van der Waals surface area contributed by atoms with Crippen LogP contribution >= 0.6 is 15.6 Å². The summed E-state index contributed by atoms with van der Waals surface area (Å²) >= 11 is 0. The van der Waals surface area contributed by atoms with Gasteiger partial charge in [-0.15, -0.1) is 0 Å². The molecule has 0 spiro atoms. The smallest absolute Gasteiger partial charge is 0.462 e. The number of aliphatic hydroxyl groups excluding tert-OH is 1. The molecule has 17 nitrogen and oxygen atoms in total. The van der Waals surface area contributed by atoms with Crippen LogP contribution in [0.5, 0.6) is 0 Å². The third kappa shape index (κ3) is 67.3. The van der Waals surface area contributed by atoms with Crippen molar-refractivity contribution >= 4 is 39.5 Å². The molecular weight excluding hydrogens is 1230 g/mol. The first-order chi connectivity index (χ1) is 45.3. The van der Waals surface area contributed by atoms with Crippen molar-refractivity contribution in [2.45, 2.75) is 401 Å². The van der Waals surface area contributed by atoms with E-state index in [2.05, 4.69) is 48.5 Å². The van der Waals surface area contributed by atoms with Crippen LogP contribution < -0.4 is 0 Å². The van der Waals surface area contributed by atoms with Gasteiger partial charge in [0.15, 0.2) is 12.2 Å². The van der Waals surface area contributed by atoms with Crippen LogP contribution in [0.4, 0.5) is 0 Å². The van der Waals surface area contributed by atoms with E-state index in [0.29, 0.717) is 25.7 Å². The Morgan fingerprint density at radius 2 is 0.543 bits per heavy atom. The van der Waals surface area contributed by atoms with E-state index < -0.39 is 97.5 Å². The maximum absolute atomic E-state index is 13.1. The van der Waals surface area contributed by atoms with Gasteiger partial charge in [0.05, 0.1) is 26.4 Å². The molecule has 3 unspecified atom stereocenters. The monoisotopic (exact) mass is 1380 g/mol. The predicted octanol–water partition coefficient (Wildman–Crippen LogP) is 21.8. The predicted molar refractivity (Wildman–Crippen MR) is 381 cm³/mol. The van der Waals surface area contributed by atoms with Crippen LogP contribution in [0.25, 0.3) is 0 Å². The fraction of sp³-hybridized carbons (Fsp3) is 0.947. The molecule has 0 aliphatic carbocycles. The summed E-state index contributed by atoms with van der Waals surface area (Å²) in [5, 5.41) is 10.6. The number of hydrogen-bond acceptors (Lipinski definition) is 15. The molecule has 0 aromatic carbocycles. The Balaban J connectivity index is 5.27. The first-order valence-corrected chi connectivity index (χ1v) is 41.9. The van der Waals surface area contributed by atoms with Crippen LogP contribution in [0.3, 0.4) is 0 Å². The van der Waals surface area contributed by atoms with E-state index in [1.54, 1.807) is 0 Å². The van der Waals surface area contributed by atoms with Crippen molar-refractivity contribution in [3.8, 4) is 0 Å². The number of esters is 4. The molecule has 0 bridgehead atoms. The Morgan fingerprint density at radius 3 is 0.809 bits per heavy atom. The van der Waals surface area contributed by atoms with Crippen molar-refractivity contribution in [1.29, 1.82) is 0 Å². The largest absolute Gasteiger partial charge is 0.472 e. The lowest BCUT2D eigenvalue weighted by Gasteiger charge is -2.21. The van der Waals surface area contributed by atoms with Gasteiger partial charge in [-0.2, -0.15) is 0 Å². The number of unbranched alkanes of at least 4 members (excludes halogenated alkanes) is 40. The molecule has 94 heavy (non-hydrogen) atoms. The molecule has 19 heteroatoms. The maximum Gasteiger partial charge on any atom is 0.472 e. The van der Waals surface area contributed by atoms with Gasteiger partial charge in [0.25, 0.3) is 0 Å². The van der Waals surface area contributed by atoms with Crippen LogP contribution in [0.2, 0.25) is 0 Å². The summed E-state index contributed by atoms with van der Waals surface area (Å²) in [6.45, 7) is 11.9. The number of carbonyl (C=O) groups is 4. The number of hydrogen-bond donors (Lipinski definition) is 3. The average Bonchev–Trinajstić information content (AvgIpc) is 2.01. The number of phosphoric acid groups is 2. The lowest BCUT2D eigenvalue weighted by Crippen LogP contribution is -2.30. The van der Waals surface area contributed by atoms with Crippen molar-refractivity contribution in [2.75, 3.05) is 39.6 Å². The highest BCUT2D eigenvalue weighted by Gasteiger charge is 2.30. The Bertz CT molecular complexity index is 1840. The van der Waals surface area contributed by atoms with Gasteiger partial charge in [-0.05, 0) is 43.4 Å². The van der Waals surface area contributed by atoms with Gasteiger partial charge >= 0.3 is 39.5 Å². The van der Waals surface area contributed by atoms with E-state index in [4.69, 9.17) is 37.0 Å². The average molecular weight is 1380 g/mol. The Kier molecular flexibility index (Phi) is 64.3. The number of phosphoric ester groups is 2. The van der Waals surface area contributed by atoms with E-state index >= 15 is 0 Å². The Labute approximate surface area is 575 Å². The molecule has 0 saturated heterocycles. The second-order valence-electron chi connectivity index (χ2n) is 28.2. The topological polar surface area (TPSA) is 237 Å². The van der Waals surface area contributed by atoms with Gasteiger partial charge in [-0.1, -0.05) is 331 Å². The minimum Gasteiger partial charge on any atom is -0.462 e. The molecule has 0 aromatic heterocycles.